The summed E-state index contributed by atoms with van der Waals surface area (Å²) in [6.45, 7) is 7.24. The number of cyclic esters (lactones) is 1. The Morgan fingerprint density at radius 2 is 1.72 bits per heavy atom. The molecule has 0 atom stereocenters. The minimum atomic E-state index is -0.936. The van der Waals surface area contributed by atoms with Gasteiger partial charge in [0.2, 0.25) is 0 Å². The molecule has 18 heavy (non-hydrogen) atoms. The van der Waals surface area contributed by atoms with Gasteiger partial charge in [-0.3, -0.25) is 0 Å². The fraction of sp³-hybridized carbons (Fsp3) is 0.357. The maximum atomic E-state index is 11.9. The SMILES string of the molecule is Cc1cc(I)cc(C)c1C1=C(O)C(C)(C)OC1=O. The van der Waals surface area contributed by atoms with Gasteiger partial charge in [-0.25, -0.2) is 4.79 Å². The molecular weight excluding hydrogens is 343 g/mol. The van der Waals surface area contributed by atoms with Gasteiger partial charge < -0.3 is 9.84 Å². The van der Waals surface area contributed by atoms with Crippen LogP contribution < -0.4 is 0 Å². The molecule has 0 saturated heterocycles. The predicted octanol–water partition coefficient (Wildman–Crippen LogP) is 3.51. The maximum absolute atomic E-state index is 11.9. The second kappa shape index (κ2) is 4.26. The highest BCUT2D eigenvalue weighted by Gasteiger charge is 2.42. The second-order valence-corrected chi connectivity index (χ2v) is 6.28. The first-order chi connectivity index (χ1) is 8.24. The fourth-order valence-corrected chi connectivity index (χ4v) is 3.19. The van der Waals surface area contributed by atoms with Crippen molar-refractivity contribution >= 4 is 34.1 Å². The lowest BCUT2D eigenvalue weighted by Gasteiger charge is -2.16. The van der Waals surface area contributed by atoms with Crippen molar-refractivity contribution in [2.45, 2.75) is 33.3 Å². The Hall–Kier alpha value is -1.04. The van der Waals surface area contributed by atoms with Gasteiger partial charge in [0, 0.05) is 3.57 Å². The van der Waals surface area contributed by atoms with Gasteiger partial charge in [-0.2, -0.15) is 0 Å². The first-order valence-corrected chi connectivity index (χ1v) is 6.76. The summed E-state index contributed by atoms with van der Waals surface area (Å²) in [6, 6.07) is 3.98. The molecule has 1 heterocycles. The predicted molar refractivity (Wildman–Crippen MR) is 78.4 cm³/mol. The molecular formula is C14H15IO3. The van der Waals surface area contributed by atoms with E-state index in [9.17, 15) is 9.90 Å². The van der Waals surface area contributed by atoms with E-state index < -0.39 is 11.6 Å². The Labute approximate surface area is 120 Å². The summed E-state index contributed by atoms with van der Waals surface area (Å²) in [6.07, 6.45) is 0. The lowest BCUT2D eigenvalue weighted by Crippen LogP contribution is -2.22. The molecule has 0 amide bonds. The van der Waals surface area contributed by atoms with Crippen molar-refractivity contribution in [3.8, 4) is 0 Å². The van der Waals surface area contributed by atoms with Crippen LogP contribution in [0.25, 0.3) is 5.57 Å². The molecule has 0 aromatic heterocycles. The number of esters is 1. The van der Waals surface area contributed by atoms with Crippen LogP contribution in [0.1, 0.15) is 30.5 Å². The Morgan fingerprint density at radius 3 is 2.11 bits per heavy atom. The second-order valence-electron chi connectivity index (χ2n) is 5.04. The van der Waals surface area contributed by atoms with Crippen LogP contribution in [-0.2, 0) is 9.53 Å². The summed E-state index contributed by atoms with van der Waals surface area (Å²) in [7, 11) is 0. The molecule has 0 radical (unpaired) electrons. The molecule has 96 valence electrons. The van der Waals surface area contributed by atoms with Gasteiger partial charge in [0.1, 0.15) is 5.57 Å². The van der Waals surface area contributed by atoms with Gasteiger partial charge >= 0.3 is 5.97 Å². The van der Waals surface area contributed by atoms with Gasteiger partial charge in [-0.1, -0.05) is 0 Å². The lowest BCUT2D eigenvalue weighted by atomic mass is 9.93. The molecule has 1 aliphatic heterocycles. The van der Waals surface area contributed by atoms with Crippen molar-refractivity contribution in [1.29, 1.82) is 0 Å². The average Bonchev–Trinajstić information content (AvgIpc) is 2.38. The van der Waals surface area contributed by atoms with Gasteiger partial charge in [0.25, 0.3) is 0 Å². The minimum Gasteiger partial charge on any atom is -0.507 e. The quantitative estimate of drug-likeness (QED) is 0.617. The zero-order valence-electron chi connectivity index (χ0n) is 10.8. The number of carbonyl (C=O) groups is 1. The van der Waals surface area contributed by atoms with E-state index in [4.69, 9.17) is 4.74 Å². The van der Waals surface area contributed by atoms with Crippen molar-refractivity contribution in [3.63, 3.8) is 0 Å². The topological polar surface area (TPSA) is 46.5 Å². The van der Waals surface area contributed by atoms with Crippen LogP contribution in [0.5, 0.6) is 0 Å². The van der Waals surface area contributed by atoms with Crippen molar-refractivity contribution in [2.75, 3.05) is 0 Å². The smallest absolute Gasteiger partial charge is 0.343 e. The third-order valence-corrected chi connectivity index (χ3v) is 3.73. The highest BCUT2D eigenvalue weighted by Crippen LogP contribution is 2.38. The van der Waals surface area contributed by atoms with E-state index in [0.29, 0.717) is 5.57 Å². The van der Waals surface area contributed by atoms with Crippen LogP contribution in [0.15, 0.2) is 17.9 Å². The highest BCUT2D eigenvalue weighted by atomic mass is 127. The van der Waals surface area contributed by atoms with Crippen LogP contribution in [0.4, 0.5) is 0 Å². The first kappa shape index (κ1) is 13.4. The highest BCUT2D eigenvalue weighted by molar-refractivity contribution is 14.1. The van der Waals surface area contributed by atoms with Crippen LogP contribution in [0.3, 0.4) is 0 Å². The fourth-order valence-electron chi connectivity index (χ4n) is 2.25. The summed E-state index contributed by atoms with van der Waals surface area (Å²) in [5.74, 6) is -0.440. The molecule has 4 heteroatoms. The molecule has 0 spiro atoms. The summed E-state index contributed by atoms with van der Waals surface area (Å²) in [4.78, 5) is 11.9. The van der Waals surface area contributed by atoms with Gasteiger partial charge in [-0.15, -0.1) is 0 Å². The third-order valence-electron chi connectivity index (χ3n) is 3.11. The Balaban J connectivity index is 2.71. The summed E-state index contributed by atoms with van der Waals surface area (Å²) in [5.41, 5.74) is 2.08. The van der Waals surface area contributed by atoms with E-state index in [0.717, 1.165) is 20.3 Å². The molecule has 0 unspecified atom stereocenters. The Morgan fingerprint density at radius 1 is 1.22 bits per heavy atom. The van der Waals surface area contributed by atoms with Crippen molar-refractivity contribution in [2.24, 2.45) is 0 Å². The van der Waals surface area contributed by atoms with Gasteiger partial charge in [-0.05, 0) is 79.1 Å². The van der Waals surface area contributed by atoms with E-state index in [2.05, 4.69) is 22.6 Å². The molecule has 0 bridgehead atoms. The molecule has 1 aromatic rings. The number of halogens is 1. The van der Waals surface area contributed by atoms with Crippen LogP contribution in [0.2, 0.25) is 0 Å². The average molecular weight is 358 g/mol. The number of ether oxygens (including phenoxy) is 1. The molecule has 1 aliphatic rings. The van der Waals surface area contributed by atoms with Gasteiger partial charge in [0.15, 0.2) is 11.4 Å². The molecule has 0 saturated carbocycles. The molecule has 3 nitrogen and oxygen atoms in total. The number of aryl methyl sites for hydroxylation is 2. The van der Waals surface area contributed by atoms with E-state index in [1.165, 1.54) is 0 Å². The van der Waals surface area contributed by atoms with Crippen LogP contribution in [0, 0.1) is 17.4 Å². The largest absolute Gasteiger partial charge is 0.507 e. The summed E-state index contributed by atoms with van der Waals surface area (Å²) >= 11 is 2.23. The number of benzene rings is 1. The Kier molecular flexibility index (Phi) is 3.17. The van der Waals surface area contributed by atoms with E-state index in [-0.39, 0.29) is 5.76 Å². The molecule has 0 aliphatic carbocycles. The zero-order valence-corrected chi connectivity index (χ0v) is 13.0. The van der Waals surface area contributed by atoms with Crippen molar-refractivity contribution < 1.29 is 14.6 Å². The first-order valence-electron chi connectivity index (χ1n) is 5.68. The van der Waals surface area contributed by atoms with Crippen molar-refractivity contribution in [1.82, 2.24) is 0 Å². The standard InChI is InChI=1S/C14H15IO3/c1-7-5-9(15)6-8(2)10(7)11-12(16)14(3,4)18-13(11)17/h5-6,16H,1-4H3. The zero-order chi connectivity index (χ0) is 13.7. The molecule has 0 fully saturated rings. The van der Waals surface area contributed by atoms with Crippen LogP contribution >= 0.6 is 22.6 Å². The number of aliphatic hydroxyl groups excluding tert-OH is 1. The van der Waals surface area contributed by atoms with E-state index in [1.807, 2.05) is 26.0 Å². The minimum absolute atomic E-state index is 0.0138. The van der Waals surface area contributed by atoms with Crippen LogP contribution in [-0.4, -0.2) is 16.7 Å². The van der Waals surface area contributed by atoms with Gasteiger partial charge in [0.05, 0.1) is 0 Å². The molecule has 2 rings (SSSR count). The third kappa shape index (κ3) is 2.02. The molecule has 1 aromatic carbocycles. The maximum Gasteiger partial charge on any atom is 0.343 e. The monoisotopic (exact) mass is 358 g/mol. The number of hydrogen-bond donors (Lipinski definition) is 1. The van der Waals surface area contributed by atoms with E-state index >= 15 is 0 Å². The summed E-state index contributed by atoms with van der Waals surface area (Å²) < 4.78 is 6.31. The normalized spacial score (nSPS) is 18.2. The molecule has 1 N–H and O–H groups in total. The number of aliphatic hydroxyl groups is 1. The number of hydrogen-bond acceptors (Lipinski definition) is 3. The van der Waals surface area contributed by atoms with Crippen molar-refractivity contribution in [3.05, 3.63) is 38.2 Å². The summed E-state index contributed by atoms with van der Waals surface area (Å²) in [5, 5.41) is 10.2. The van der Waals surface area contributed by atoms with E-state index in [1.54, 1.807) is 13.8 Å². The number of rotatable bonds is 1. The number of carbonyl (C=O) groups excluding carboxylic acids is 1. The lowest BCUT2D eigenvalue weighted by molar-refractivity contribution is -0.143. The Bertz CT molecular complexity index is 547.